The molecule has 110 valence electrons. The van der Waals surface area contributed by atoms with Gasteiger partial charge in [0.2, 0.25) is 0 Å². The van der Waals surface area contributed by atoms with E-state index in [1.807, 2.05) is 0 Å². The van der Waals surface area contributed by atoms with Gasteiger partial charge >= 0.3 is 5.97 Å². The maximum Gasteiger partial charge on any atom is 0.303 e. The third-order valence-electron chi connectivity index (χ3n) is 4.47. The van der Waals surface area contributed by atoms with Crippen LogP contribution < -0.4 is 0 Å². The van der Waals surface area contributed by atoms with Crippen molar-refractivity contribution in [3.63, 3.8) is 0 Å². The van der Waals surface area contributed by atoms with Crippen LogP contribution in [0.25, 0.3) is 0 Å². The second-order valence-corrected chi connectivity index (χ2v) is 5.80. The van der Waals surface area contributed by atoms with Crippen molar-refractivity contribution in [2.24, 2.45) is 5.92 Å². The fraction of sp³-hybridized carbons (Fsp3) is 0.438. The molecular weight excluding hydrogens is 270 g/mol. The van der Waals surface area contributed by atoms with E-state index in [1.54, 1.807) is 24.3 Å². The van der Waals surface area contributed by atoms with Crippen LogP contribution in [0, 0.1) is 5.92 Å². The molecule has 2 aliphatic rings. The van der Waals surface area contributed by atoms with Crippen molar-refractivity contribution in [3.05, 3.63) is 35.4 Å². The number of carboxylic acids is 1. The minimum absolute atomic E-state index is 0.0950. The first kappa shape index (κ1) is 13.8. The Labute approximate surface area is 122 Å². The monoisotopic (exact) mass is 287 g/mol. The molecule has 5 heteroatoms. The van der Waals surface area contributed by atoms with Crippen molar-refractivity contribution in [1.82, 2.24) is 4.90 Å². The van der Waals surface area contributed by atoms with E-state index in [9.17, 15) is 14.4 Å². The van der Waals surface area contributed by atoms with E-state index < -0.39 is 5.97 Å². The van der Waals surface area contributed by atoms with Crippen molar-refractivity contribution in [2.45, 2.75) is 38.1 Å². The van der Waals surface area contributed by atoms with E-state index in [2.05, 4.69) is 0 Å². The van der Waals surface area contributed by atoms with E-state index in [0.717, 1.165) is 12.8 Å². The van der Waals surface area contributed by atoms with Crippen molar-refractivity contribution < 1.29 is 19.5 Å². The first-order valence-corrected chi connectivity index (χ1v) is 7.26. The molecule has 1 heterocycles. The molecule has 0 bridgehead atoms. The summed E-state index contributed by atoms with van der Waals surface area (Å²) in [4.78, 5) is 36.9. The van der Waals surface area contributed by atoms with Crippen LogP contribution in [0.3, 0.4) is 0 Å². The van der Waals surface area contributed by atoms with Crippen molar-refractivity contribution in [1.29, 1.82) is 0 Å². The summed E-state index contributed by atoms with van der Waals surface area (Å²) in [5.74, 6) is -1.04. The fourth-order valence-corrected chi connectivity index (χ4v) is 3.39. The van der Waals surface area contributed by atoms with E-state index in [1.165, 1.54) is 4.90 Å². The Bertz CT molecular complexity index is 567. The quantitative estimate of drug-likeness (QED) is 0.866. The van der Waals surface area contributed by atoms with E-state index >= 15 is 0 Å². The molecule has 1 saturated carbocycles. The first-order chi connectivity index (χ1) is 10.1. The Hall–Kier alpha value is -2.17. The van der Waals surface area contributed by atoms with Crippen LogP contribution in [0.5, 0.6) is 0 Å². The van der Waals surface area contributed by atoms with Crippen LogP contribution in [-0.2, 0) is 4.79 Å². The first-order valence-electron chi connectivity index (χ1n) is 7.26. The van der Waals surface area contributed by atoms with E-state index in [0.29, 0.717) is 24.0 Å². The van der Waals surface area contributed by atoms with Gasteiger partial charge < -0.3 is 5.11 Å². The van der Waals surface area contributed by atoms with Gasteiger partial charge in [0.25, 0.3) is 11.8 Å². The van der Waals surface area contributed by atoms with Crippen LogP contribution in [0.2, 0.25) is 0 Å². The summed E-state index contributed by atoms with van der Waals surface area (Å²) in [6.45, 7) is 0. The molecule has 21 heavy (non-hydrogen) atoms. The summed E-state index contributed by atoms with van der Waals surface area (Å²) in [6, 6.07) is 6.80. The molecule has 1 aromatic carbocycles. The molecule has 0 radical (unpaired) electrons. The van der Waals surface area contributed by atoms with Crippen LogP contribution in [-0.4, -0.2) is 33.8 Å². The van der Waals surface area contributed by atoms with Gasteiger partial charge in [0.15, 0.2) is 0 Å². The number of carbonyl (C=O) groups is 3. The second kappa shape index (κ2) is 5.31. The number of nitrogens with zero attached hydrogens (tertiary/aromatic N) is 1. The minimum atomic E-state index is -0.779. The summed E-state index contributed by atoms with van der Waals surface area (Å²) in [7, 11) is 0. The second-order valence-electron chi connectivity index (χ2n) is 5.80. The van der Waals surface area contributed by atoms with Gasteiger partial charge in [-0.2, -0.15) is 0 Å². The van der Waals surface area contributed by atoms with E-state index in [4.69, 9.17) is 5.11 Å². The van der Waals surface area contributed by atoms with Gasteiger partial charge in [-0.1, -0.05) is 12.1 Å². The zero-order valence-corrected chi connectivity index (χ0v) is 11.6. The molecule has 0 saturated heterocycles. The van der Waals surface area contributed by atoms with Gasteiger partial charge in [-0.3, -0.25) is 19.3 Å². The molecule has 1 N–H and O–H groups in total. The number of amides is 2. The summed E-state index contributed by atoms with van der Waals surface area (Å²) in [5, 5.41) is 8.83. The molecule has 5 nitrogen and oxygen atoms in total. The fourth-order valence-electron chi connectivity index (χ4n) is 3.39. The largest absolute Gasteiger partial charge is 0.481 e. The molecule has 1 fully saturated rings. The van der Waals surface area contributed by atoms with Gasteiger partial charge in [0, 0.05) is 12.5 Å². The Morgan fingerprint density at radius 1 is 1.05 bits per heavy atom. The topological polar surface area (TPSA) is 74.7 Å². The molecule has 1 aliphatic heterocycles. The maximum absolute atomic E-state index is 12.4. The third kappa shape index (κ3) is 2.44. The smallest absolute Gasteiger partial charge is 0.303 e. The highest BCUT2D eigenvalue weighted by molar-refractivity contribution is 6.21. The lowest BCUT2D eigenvalue weighted by Crippen LogP contribution is -2.42. The molecule has 1 aliphatic carbocycles. The van der Waals surface area contributed by atoms with Gasteiger partial charge in [-0.05, 0) is 43.7 Å². The Balaban J connectivity index is 1.71. The van der Waals surface area contributed by atoms with Gasteiger partial charge in [-0.15, -0.1) is 0 Å². The summed E-state index contributed by atoms with van der Waals surface area (Å²) >= 11 is 0. The Kier molecular flexibility index (Phi) is 3.49. The lowest BCUT2D eigenvalue weighted by atomic mass is 9.83. The van der Waals surface area contributed by atoms with Gasteiger partial charge in [0.1, 0.15) is 0 Å². The molecular formula is C16H17NO4. The number of imide groups is 1. The zero-order chi connectivity index (χ0) is 15.0. The lowest BCUT2D eigenvalue weighted by Gasteiger charge is -2.32. The van der Waals surface area contributed by atoms with Gasteiger partial charge in [-0.25, -0.2) is 0 Å². The number of aliphatic carboxylic acids is 1. The SMILES string of the molecule is O=C(O)C[C@H]1CC[C@H](N2C(=O)c3ccccc3C2=O)CC1. The highest BCUT2D eigenvalue weighted by Crippen LogP contribution is 2.34. The average molecular weight is 287 g/mol. The highest BCUT2D eigenvalue weighted by Gasteiger charge is 2.40. The van der Waals surface area contributed by atoms with Gasteiger partial charge in [0.05, 0.1) is 11.1 Å². The Morgan fingerprint density at radius 3 is 2.05 bits per heavy atom. The van der Waals surface area contributed by atoms with Crippen LogP contribution in [0.1, 0.15) is 52.8 Å². The molecule has 0 aromatic heterocycles. The molecule has 0 spiro atoms. The number of hydrogen-bond acceptors (Lipinski definition) is 3. The summed E-state index contributed by atoms with van der Waals surface area (Å²) < 4.78 is 0. The number of hydrogen-bond donors (Lipinski definition) is 1. The normalized spacial score (nSPS) is 25.0. The maximum atomic E-state index is 12.4. The number of benzene rings is 1. The standard InChI is InChI=1S/C16H17NO4/c18-14(19)9-10-5-7-11(8-6-10)17-15(20)12-3-1-2-4-13(12)16(17)21/h1-4,10-11H,5-9H2,(H,18,19)/t10-,11-. The molecule has 1 aromatic rings. The Morgan fingerprint density at radius 2 is 1.57 bits per heavy atom. The van der Waals surface area contributed by atoms with Crippen LogP contribution >= 0.6 is 0 Å². The third-order valence-corrected chi connectivity index (χ3v) is 4.47. The number of rotatable bonds is 3. The molecule has 3 rings (SSSR count). The number of carbonyl (C=O) groups excluding carboxylic acids is 2. The predicted octanol–water partition coefficient (Wildman–Crippen LogP) is 2.32. The zero-order valence-electron chi connectivity index (χ0n) is 11.6. The van der Waals surface area contributed by atoms with Crippen molar-refractivity contribution >= 4 is 17.8 Å². The summed E-state index contributed by atoms with van der Waals surface area (Å²) in [5.41, 5.74) is 0.963. The van der Waals surface area contributed by atoms with Crippen molar-refractivity contribution in [2.75, 3.05) is 0 Å². The highest BCUT2D eigenvalue weighted by atomic mass is 16.4. The number of fused-ring (bicyclic) bond motifs is 1. The van der Waals surface area contributed by atoms with Crippen LogP contribution in [0.15, 0.2) is 24.3 Å². The summed E-state index contributed by atoms with van der Waals surface area (Å²) in [6.07, 6.45) is 3.08. The van der Waals surface area contributed by atoms with E-state index in [-0.39, 0.29) is 30.2 Å². The molecule has 2 amide bonds. The predicted molar refractivity (Wildman–Crippen MR) is 74.9 cm³/mol. The molecule has 0 unspecified atom stereocenters. The molecule has 0 atom stereocenters. The average Bonchev–Trinajstić information content (AvgIpc) is 2.72. The van der Waals surface area contributed by atoms with Crippen LogP contribution in [0.4, 0.5) is 0 Å². The van der Waals surface area contributed by atoms with Crippen molar-refractivity contribution in [3.8, 4) is 0 Å². The lowest BCUT2D eigenvalue weighted by molar-refractivity contribution is -0.138. The minimum Gasteiger partial charge on any atom is -0.481 e. The number of carboxylic acid groups (broad SMARTS) is 1.